The number of aromatic nitrogens is 2. The smallest absolute Gasteiger partial charge is 0.275 e. The minimum absolute atomic E-state index is 0.176. The molecule has 18 heavy (non-hydrogen) atoms. The van der Waals surface area contributed by atoms with E-state index in [4.69, 9.17) is 0 Å². The first-order valence-corrected chi connectivity index (χ1v) is 6.00. The number of amides is 1. The number of fused-ring (bicyclic) bond motifs is 1. The monoisotopic (exact) mass is 242 g/mol. The minimum atomic E-state index is -0.176. The highest BCUT2D eigenvalue weighted by Gasteiger charge is 2.16. The highest BCUT2D eigenvalue weighted by molar-refractivity contribution is 6.03. The summed E-state index contributed by atoms with van der Waals surface area (Å²) >= 11 is 0. The number of carbonyl (C=O) groups excluding carboxylic acids is 1. The van der Waals surface area contributed by atoms with Gasteiger partial charge in [0.25, 0.3) is 5.91 Å². The molecule has 1 aliphatic rings. The van der Waals surface area contributed by atoms with Gasteiger partial charge in [-0.05, 0) is 18.6 Å². The molecule has 0 unspecified atom stereocenters. The Hall–Kier alpha value is -2.30. The lowest BCUT2D eigenvalue weighted by molar-refractivity contribution is 0.102. The minimum Gasteiger partial charge on any atom is -0.356 e. The number of rotatable bonds is 2. The molecule has 1 aromatic heterocycles. The van der Waals surface area contributed by atoms with E-state index in [1.54, 1.807) is 6.20 Å². The van der Waals surface area contributed by atoms with Crippen molar-refractivity contribution in [1.29, 1.82) is 0 Å². The Bertz CT molecular complexity index is 538. The van der Waals surface area contributed by atoms with E-state index in [2.05, 4.69) is 15.6 Å². The molecule has 0 saturated heterocycles. The molecule has 1 aromatic carbocycles. The average molecular weight is 242 g/mol. The van der Waals surface area contributed by atoms with Crippen LogP contribution in [-0.4, -0.2) is 22.0 Å². The fourth-order valence-corrected chi connectivity index (χ4v) is 2.00. The molecule has 5 nitrogen and oxygen atoms in total. The van der Waals surface area contributed by atoms with Crippen molar-refractivity contribution in [1.82, 2.24) is 9.55 Å². The molecular formula is C13H14N4O. The molecule has 0 bridgehead atoms. The molecule has 0 fully saturated rings. The van der Waals surface area contributed by atoms with Crippen LogP contribution in [0.1, 0.15) is 16.9 Å². The Morgan fingerprint density at radius 3 is 2.94 bits per heavy atom. The van der Waals surface area contributed by atoms with Gasteiger partial charge in [-0.25, -0.2) is 4.98 Å². The number of benzene rings is 1. The second-order valence-electron chi connectivity index (χ2n) is 4.24. The zero-order valence-electron chi connectivity index (χ0n) is 9.89. The molecule has 2 aromatic rings. The van der Waals surface area contributed by atoms with Crippen LogP contribution in [-0.2, 0) is 6.54 Å². The van der Waals surface area contributed by atoms with E-state index in [1.165, 1.54) is 0 Å². The topological polar surface area (TPSA) is 59.0 Å². The molecular weight excluding hydrogens is 228 g/mol. The van der Waals surface area contributed by atoms with Crippen LogP contribution >= 0.6 is 0 Å². The Balaban J connectivity index is 1.78. The molecule has 1 aliphatic heterocycles. The SMILES string of the molecule is O=C(Nc1ccccc1)c1cn2c(n1)NCCC2. The van der Waals surface area contributed by atoms with Crippen molar-refractivity contribution in [2.75, 3.05) is 17.2 Å². The maximum absolute atomic E-state index is 12.0. The molecule has 5 heteroatoms. The van der Waals surface area contributed by atoms with Crippen molar-refractivity contribution in [2.45, 2.75) is 13.0 Å². The highest BCUT2D eigenvalue weighted by atomic mass is 16.1. The van der Waals surface area contributed by atoms with Crippen molar-refractivity contribution < 1.29 is 4.79 Å². The normalized spacial score (nSPS) is 13.6. The number of para-hydroxylation sites is 1. The van der Waals surface area contributed by atoms with E-state index in [0.29, 0.717) is 5.69 Å². The molecule has 0 saturated carbocycles. The van der Waals surface area contributed by atoms with Gasteiger partial charge in [0.15, 0.2) is 0 Å². The van der Waals surface area contributed by atoms with Crippen molar-refractivity contribution in [3.05, 3.63) is 42.2 Å². The fraction of sp³-hybridized carbons (Fsp3) is 0.231. The van der Waals surface area contributed by atoms with Crippen LogP contribution < -0.4 is 10.6 Å². The van der Waals surface area contributed by atoms with Crippen LogP contribution in [0.3, 0.4) is 0 Å². The van der Waals surface area contributed by atoms with E-state index in [0.717, 1.165) is 31.1 Å². The van der Waals surface area contributed by atoms with E-state index in [9.17, 15) is 4.79 Å². The van der Waals surface area contributed by atoms with E-state index < -0.39 is 0 Å². The van der Waals surface area contributed by atoms with Gasteiger partial charge in [0, 0.05) is 25.0 Å². The Morgan fingerprint density at radius 1 is 1.33 bits per heavy atom. The lowest BCUT2D eigenvalue weighted by Gasteiger charge is -2.14. The number of nitrogens with zero attached hydrogens (tertiary/aromatic N) is 2. The molecule has 2 N–H and O–H groups in total. The molecule has 3 rings (SSSR count). The predicted octanol–water partition coefficient (Wildman–Crippen LogP) is 1.95. The van der Waals surface area contributed by atoms with Crippen LogP contribution in [0.25, 0.3) is 0 Å². The first-order valence-electron chi connectivity index (χ1n) is 6.00. The number of nitrogens with one attached hydrogen (secondary N) is 2. The third-order valence-electron chi connectivity index (χ3n) is 2.90. The Labute approximate surface area is 105 Å². The molecule has 92 valence electrons. The maximum Gasteiger partial charge on any atom is 0.275 e. The van der Waals surface area contributed by atoms with E-state index >= 15 is 0 Å². The fourth-order valence-electron chi connectivity index (χ4n) is 2.00. The van der Waals surface area contributed by atoms with Crippen molar-refractivity contribution in [3.63, 3.8) is 0 Å². The van der Waals surface area contributed by atoms with Crippen LogP contribution in [0.4, 0.5) is 11.6 Å². The first-order chi connectivity index (χ1) is 8.83. The summed E-state index contributed by atoms with van der Waals surface area (Å²) in [7, 11) is 0. The van der Waals surface area contributed by atoms with Gasteiger partial charge >= 0.3 is 0 Å². The predicted molar refractivity (Wildman–Crippen MR) is 69.7 cm³/mol. The summed E-state index contributed by atoms with van der Waals surface area (Å²) in [4.78, 5) is 16.3. The molecule has 1 amide bonds. The van der Waals surface area contributed by atoms with Crippen LogP contribution in [0.5, 0.6) is 0 Å². The number of carbonyl (C=O) groups is 1. The average Bonchev–Trinajstić information content (AvgIpc) is 2.84. The van der Waals surface area contributed by atoms with Gasteiger partial charge in [-0.1, -0.05) is 18.2 Å². The van der Waals surface area contributed by atoms with Gasteiger partial charge in [0.2, 0.25) is 5.95 Å². The number of hydrogen-bond donors (Lipinski definition) is 2. The third kappa shape index (κ3) is 2.07. The highest BCUT2D eigenvalue weighted by Crippen LogP contribution is 2.15. The lowest BCUT2D eigenvalue weighted by atomic mass is 10.3. The second kappa shape index (κ2) is 4.52. The summed E-state index contributed by atoms with van der Waals surface area (Å²) in [6, 6.07) is 9.39. The van der Waals surface area contributed by atoms with Crippen molar-refractivity contribution >= 4 is 17.5 Å². The molecule has 0 radical (unpaired) electrons. The van der Waals surface area contributed by atoms with Gasteiger partial charge in [-0.15, -0.1) is 0 Å². The molecule has 0 spiro atoms. The van der Waals surface area contributed by atoms with Crippen LogP contribution in [0, 0.1) is 0 Å². The lowest BCUT2D eigenvalue weighted by Crippen LogP contribution is -2.16. The zero-order chi connectivity index (χ0) is 12.4. The molecule has 0 atom stereocenters. The maximum atomic E-state index is 12.0. The summed E-state index contributed by atoms with van der Waals surface area (Å²) in [6.07, 6.45) is 2.85. The summed E-state index contributed by atoms with van der Waals surface area (Å²) in [6.45, 7) is 1.82. The number of hydrogen-bond acceptors (Lipinski definition) is 3. The van der Waals surface area contributed by atoms with Crippen molar-refractivity contribution in [3.8, 4) is 0 Å². The third-order valence-corrected chi connectivity index (χ3v) is 2.90. The van der Waals surface area contributed by atoms with E-state index in [1.807, 2.05) is 34.9 Å². The van der Waals surface area contributed by atoms with Gasteiger partial charge in [0.1, 0.15) is 5.69 Å². The Kier molecular flexibility index (Phi) is 2.72. The summed E-state index contributed by atoms with van der Waals surface area (Å²) in [5.41, 5.74) is 1.23. The van der Waals surface area contributed by atoms with Gasteiger partial charge in [-0.2, -0.15) is 0 Å². The zero-order valence-corrected chi connectivity index (χ0v) is 9.89. The summed E-state index contributed by atoms with van der Waals surface area (Å²) < 4.78 is 1.98. The van der Waals surface area contributed by atoms with Crippen LogP contribution in [0.2, 0.25) is 0 Å². The largest absolute Gasteiger partial charge is 0.356 e. The number of anilines is 2. The molecule has 0 aliphatic carbocycles. The summed E-state index contributed by atoms with van der Waals surface area (Å²) in [5.74, 6) is 0.601. The van der Waals surface area contributed by atoms with Gasteiger partial charge < -0.3 is 15.2 Å². The number of imidazole rings is 1. The van der Waals surface area contributed by atoms with Gasteiger partial charge in [-0.3, -0.25) is 4.79 Å². The number of aryl methyl sites for hydroxylation is 1. The summed E-state index contributed by atoms with van der Waals surface area (Å²) in [5, 5.41) is 6.00. The Morgan fingerprint density at radius 2 is 2.17 bits per heavy atom. The quantitative estimate of drug-likeness (QED) is 0.846. The van der Waals surface area contributed by atoms with E-state index in [-0.39, 0.29) is 5.91 Å². The standard InChI is InChI=1S/C13H14N4O/c18-12(15-10-5-2-1-3-6-10)11-9-17-8-4-7-14-13(17)16-11/h1-3,5-6,9H,4,7-8H2,(H,14,16)(H,15,18). The van der Waals surface area contributed by atoms with Gasteiger partial charge in [0.05, 0.1) is 0 Å². The second-order valence-corrected chi connectivity index (χ2v) is 4.24. The van der Waals surface area contributed by atoms with Crippen LogP contribution in [0.15, 0.2) is 36.5 Å². The first kappa shape index (κ1) is 10.8. The molecule has 2 heterocycles. The van der Waals surface area contributed by atoms with Crippen molar-refractivity contribution in [2.24, 2.45) is 0 Å².